The number of hydrogen-bond acceptors (Lipinski definition) is 7. The number of ether oxygens (including phenoxy) is 1. The summed E-state index contributed by atoms with van der Waals surface area (Å²) in [6.07, 6.45) is 2.24. The predicted octanol–water partition coefficient (Wildman–Crippen LogP) is 2.03. The number of carbonyl (C=O) groups is 1. The molecule has 0 aliphatic carbocycles. The third-order valence-electron chi connectivity index (χ3n) is 6.54. The molecule has 0 radical (unpaired) electrons. The molecule has 10 nitrogen and oxygen atoms in total. The summed E-state index contributed by atoms with van der Waals surface area (Å²) in [5.41, 5.74) is 1.15. The minimum atomic E-state index is -4.36. The number of aromatic nitrogens is 4. The first-order valence-corrected chi connectivity index (χ1v) is 12.5. The standard InChI is InChI=1S/C24H24FN5O5S/c1-15-8-21-16(11-27-29(21)18-6-4-17(25)5-7-18)9-20(15)24(14-35-3)10-22(31)30(23(24)32)36(33,34)19-12-26-28(2)13-19/h4-9,11-13,22,31H,10,14H2,1-3H3. The van der Waals surface area contributed by atoms with E-state index in [0.29, 0.717) is 26.5 Å². The molecule has 4 aromatic rings. The summed E-state index contributed by atoms with van der Waals surface area (Å²) in [6, 6.07) is 9.49. The Bertz CT molecular complexity index is 1580. The van der Waals surface area contributed by atoms with Gasteiger partial charge in [0.25, 0.3) is 15.9 Å². The van der Waals surface area contributed by atoms with Crippen molar-refractivity contribution in [2.24, 2.45) is 7.05 Å². The zero-order valence-electron chi connectivity index (χ0n) is 19.8. The van der Waals surface area contributed by atoms with Gasteiger partial charge in [-0.15, -0.1) is 0 Å². The van der Waals surface area contributed by atoms with Crippen molar-refractivity contribution in [3.63, 3.8) is 0 Å². The Labute approximate surface area is 206 Å². The topological polar surface area (TPSA) is 120 Å². The second-order valence-electron chi connectivity index (χ2n) is 8.91. The minimum absolute atomic E-state index is 0.138. The van der Waals surface area contributed by atoms with Crippen LogP contribution in [0.15, 0.2) is 59.9 Å². The van der Waals surface area contributed by atoms with Crippen LogP contribution in [0.5, 0.6) is 0 Å². The second-order valence-corrected chi connectivity index (χ2v) is 10.7. The van der Waals surface area contributed by atoms with Crippen LogP contribution in [-0.4, -0.2) is 63.2 Å². The van der Waals surface area contributed by atoms with Crippen molar-refractivity contribution in [1.82, 2.24) is 23.9 Å². The van der Waals surface area contributed by atoms with Gasteiger partial charge in [-0.25, -0.2) is 21.8 Å². The third kappa shape index (κ3) is 3.60. The summed E-state index contributed by atoms with van der Waals surface area (Å²) in [7, 11) is -1.38. The average molecular weight is 514 g/mol. The molecule has 36 heavy (non-hydrogen) atoms. The molecule has 3 heterocycles. The van der Waals surface area contributed by atoms with Crippen LogP contribution < -0.4 is 0 Å². The molecule has 0 spiro atoms. The number of rotatable bonds is 6. The number of benzene rings is 2. The molecule has 12 heteroatoms. The lowest BCUT2D eigenvalue weighted by molar-refractivity contribution is -0.132. The Hall–Kier alpha value is -3.61. The van der Waals surface area contributed by atoms with E-state index in [1.165, 1.54) is 30.1 Å². The molecule has 1 aliphatic heterocycles. The van der Waals surface area contributed by atoms with Crippen molar-refractivity contribution in [3.8, 4) is 5.69 Å². The molecule has 2 atom stereocenters. The number of aryl methyl sites for hydroxylation is 2. The first-order valence-electron chi connectivity index (χ1n) is 11.1. The lowest BCUT2D eigenvalue weighted by Crippen LogP contribution is -2.45. The highest BCUT2D eigenvalue weighted by Gasteiger charge is 2.57. The number of nitrogens with zero attached hydrogens (tertiary/aromatic N) is 5. The van der Waals surface area contributed by atoms with Gasteiger partial charge in [0.2, 0.25) is 0 Å². The van der Waals surface area contributed by atoms with Gasteiger partial charge in [-0.05, 0) is 54.4 Å². The summed E-state index contributed by atoms with van der Waals surface area (Å²) in [5, 5.41) is 19.8. The monoisotopic (exact) mass is 513 g/mol. The van der Waals surface area contributed by atoms with Crippen LogP contribution in [0.1, 0.15) is 17.5 Å². The number of amides is 1. The summed E-state index contributed by atoms with van der Waals surface area (Å²) < 4.78 is 48.8. The van der Waals surface area contributed by atoms with Gasteiger partial charge in [0, 0.05) is 32.2 Å². The molecule has 188 valence electrons. The molecule has 0 saturated carbocycles. The fourth-order valence-corrected chi connectivity index (χ4v) is 6.38. The lowest BCUT2D eigenvalue weighted by Gasteiger charge is -2.28. The molecule has 2 aromatic heterocycles. The van der Waals surface area contributed by atoms with Gasteiger partial charge in [-0.1, -0.05) is 0 Å². The van der Waals surface area contributed by atoms with E-state index in [9.17, 15) is 22.7 Å². The Morgan fingerprint density at radius 2 is 1.92 bits per heavy atom. The zero-order chi connectivity index (χ0) is 25.8. The van der Waals surface area contributed by atoms with Crippen molar-refractivity contribution in [2.75, 3.05) is 13.7 Å². The number of aliphatic hydroxyl groups is 1. The maximum Gasteiger partial charge on any atom is 0.271 e. The van der Waals surface area contributed by atoms with Crippen LogP contribution in [0.25, 0.3) is 16.6 Å². The highest BCUT2D eigenvalue weighted by Crippen LogP contribution is 2.44. The van der Waals surface area contributed by atoms with E-state index < -0.39 is 27.6 Å². The SMILES string of the molecule is COCC1(c2cc3cnn(-c4ccc(F)cc4)c3cc2C)CC(O)N(S(=O)(=O)c2cnn(C)c2)C1=O. The van der Waals surface area contributed by atoms with Crippen LogP contribution in [0.2, 0.25) is 0 Å². The highest BCUT2D eigenvalue weighted by atomic mass is 32.2. The molecule has 2 aromatic carbocycles. The van der Waals surface area contributed by atoms with Gasteiger partial charge in [0.1, 0.15) is 22.4 Å². The van der Waals surface area contributed by atoms with E-state index in [1.54, 1.807) is 43.0 Å². The van der Waals surface area contributed by atoms with Crippen LogP contribution in [0, 0.1) is 12.7 Å². The number of methoxy groups -OCH3 is 1. The summed E-state index contributed by atoms with van der Waals surface area (Å²) in [6.45, 7) is 1.66. The number of hydrogen-bond donors (Lipinski definition) is 1. The average Bonchev–Trinajstić information content (AvgIpc) is 3.51. The van der Waals surface area contributed by atoms with Crippen molar-refractivity contribution in [3.05, 3.63) is 71.9 Å². The van der Waals surface area contributed by atoms with Crippen LogP contribution in [-0.2, 0) is 32.0 Å². The Morgan fingerprint density at radius 1 is 1.19 bits per heavy atom. The molecule has 1 aliphatic rings. The number of sulfonamides is 1. The fourth-order valence-electron chi connectivity index (χ4n) is 4.90. The van der Waals surface area contributed by atoms with Gasteiger partial charge >= 0.3 is 0 Å². The number of aliphatic hydroxyl groups excluding tert-OH is 1. The van der Waals surface area contributed by atoms with E-state index in [-0.39, 0.29) is 23.7 Å². The van der Waals surface area contributed by atoms with Gasteiger partial charge in [-0.2, -0.15) is 10.2 Å². The smallest absolute Gasteiger partial charge is 0.271 e. The van der Waals surface area contributed by atoms with E-state index >= 15 is 0 Å². The van der Waals surface area contributed by atoms with Crippen molar-refractivity contribution >= 4 is 26.8 Å². The van der Waals surface area contributed by atoms with Gasteiger partial charge in [0.05, 0.1) is 30.2 Å². The Morgan fingerprint density at radius 3 is 2.56 bits per heavy atom. The quantitative estimate of drug-likeness (QED) is 0.419. The van der Waals surface area contributed by atoms with E-state index in [2.05, 4.69) is 10.2 Å². The van der Waals surface area contributed by atoms with Crippen molar-refractivity contribution < 1.29 is 27.4 Å². The largest absolute Gasteiger partial charge is 0.383 e. The fraction of sp³-hybridized carbons (Fsp3) is 0.292. The molecule has 0 bridgehead atoms. The van der Waals surface area contributed by atoms with E-state index in [1.807, 2.05) is 6.07 Å². The Balaban J connectivity index is 1.62. The van der Waals surface area contributed by atoms with E-state index in [4.69, 9.17) is 4.74 Å². The van der Waals surface area contributed by atoms with Crippen LogP contribution >= 0.6 is 0 Å². The van der Waals surface area contributed by atoms with E-state index in [0.717, 1.165) is 11.7 Å². The number of carbonyl (C=O) groups excluding carboxylic acids is 1. The second kappa shape index (κ2) is 8.50. The Kier molecular flexibility index (Phi) is 5.69. The first-order chi connectivity index (χ1) is 17.1. The molecule has 1 saturated heterocycles. The zero-order valence-corrected chi connectivity index (χ0v) is 20.6. The molecular formula is C24H24FN5O5S. The van der Waals surface area contributed by atoms with Crippen LogP contribution in [0.4, 0.5) is 4.39 Å². The molecular weight excluding hydrogens is 489 g/mol. The van der Waals surface area contributed by atoms with Gasteiger partial charge in [-0.3, -0.25) is 9.48 Å². The summed E-state index contributed by atoms with van der Waals surface area (Å²) in [4.78, 5) is 13.6. The highest BCUT2D eigenvalue weighted by molar-refractivity contribution is 7.89. The number of halogens is 1. The van der Waals surface area contributed by atoms with Gasteiger partial charge in [0.15, 0.2) is 0 Å². The lowest BCUT2D eigenvalue weighted by atomic mass is 9.77. The molecule has 2 unspecified atom stereocenters. The molecule has 5 rings (SSSR count). The van der Waals surface area contributed by atoms with Crippen molar-refractivity contribution in [2.45, 2.75) is 29.9 Å². The van der Waals surface area contributed by atoms with Gasteiger partial charge < -0.3 is 9.84 Å². The molecule has 1 amide bonds. The van der Waals surface area contributed by atoms with Crippen molar-refractivity contribution in [1.29, 1.82) is 0 Å². The maximum absolute atomic E-state index is 13.8. The first kappa shape index (κ1) is 24.1. The molecule has 1 N–H and O–H groups in total. The maximum atomic E-state index is 13.8. The third-order valence-corrected chi connectivity index (χ3v) is 8.27. The summed E-state index contributed by atoms with van der Waals surface area (Å²) >= 11 is 0. The van der Waals surface area contributed by atoms with Crippen LogP contribution in [0.3, 0.4) is 0 Å². The summed E-state index contributed by atoms with van der Waals surface area (Å²) in [5.74, 6) is -1.15. The molecule has 1 fully saturated rings. The number of fused-ring (bicyclic) bond motifs is 1. The predicted molar refractivity (Wildman–Crippen MR) is 127 cm³/mol. The normalized spacial score (nSPS) is 20.5. The minimum Gasteiger partial charge on any atom is -0.383 e.